The molecule has 4 rings (SSSR count). The molecule has 0 heterocycles. The molecule has 106 valence electrons. The van der Waals surface area contributed by atoms with Gasteiger partial charge in [0.2, 0.25) is 0 Å². The maximum atomic E-state index is 9.25. The summed E-state index contributed by atoms with van der Waals surface area (Å²) in [6.07, 6.45) is 0. The van der Waals surface area contributed by atoms with Crippen LogP contribution in [0, 0.1) is 0 Å². The molecule has 3 aromatic rings. The minimum absolute atomic E-state index is 0.206. The van der Waals surface area contributed by atoms with E-state index in [1.54, 1.807) is 12.1 Å². The minimum Gasteiger partial charge on any atom is -0.423 e. The van der Waals surface area contributed by atoms with Gasteiger partial charge in [0.25, 0.3) is 0 Å². The first-order chi connectivity index (χ1) is 10.8. The van der Waals surface area contributed by atoms with Crippen LogP contribution in [0.4, 0.5) is 0 Å². The van der Waals surface area contributed by atoms with E-state index in [4.69, 9.17) is 0 Å². The molecule has 1 aliphatic rings. The van der Waals surface area contributed by atoms with Crippen LogP contribution in [0.3, 0.4) is 0 Å². The third-order valence-electron chi connectivity index (χ3n) is 4.40. The molecule has 2 nitrogen and oxygen atoms in total. The van der Waals surface area contributed by atoms with Crippen LogP contribution in [0.2, 0.25) is 0 Å². The summed E-state index contributed by atoms with van der Waals surface area (Å²) in [6, 6.07) is 24.5. The van der Waals surface area contributed by atoms with Crippen molar-refractivity contribution in [3.63, 3.8) is 0 Å². The van der Waals surface area contributed by atoms with Gasteiger partial charge < -0.3 is 10.0 Å². The lowest BCUT2D eigenvalue weighted by Crippen LogP contribution is -2.29. The average molecular weight is 286 g/mol. The molecular weight excluding hydrogens is 271 g/mol. The van der Waals surface area contributed by atoms with Crippen LogP contribution in [0.15, 0.2) is 72.8 Å². The summed E-state index contributed by atoms with van der Waals surface area (Å²) in [7, 11) is -1.42. The van der Waals surface area contributed by atoms with Crippen molar-refractivity contribution in [2.24, 2.45) is 0 Å². The molecule has 0 aliphatic heterocycles. The summed E-state index contributed by atoms with van der Waals surface area (Å²) in [4.78, 5) is 0. The minimum atomic E-state index is -1.42. The third kappa shape index (κ3) is 1.98. The lowest BCUT2D eigenvalue weighted by molar-refractivity contribution is 0.426. The lowest BCUT2D eigenvalue weighted by Gasteiger charge is -2.14. The zero-order valence-electron chi connectivity index (χ0n) is 12.0. The molecule has 0 amide bonds. The summed E-state index contributed by atoms with van der Waals surface area (Å²) < 4.78 is 0. The monoisotopic (exact) mass is 286 g/mol. The highest BCUT2D eigenvalue weighted by Crippen LogP contribution is 2.47. The number of hydrogen-bond donors (Lipinski definition) is 2. The molecule has 3 heteroatoms. The number of fused-ring (bicyclic) bond motifs is 3. The Morgan fingerprint density at radius 1 is 0.636 bits per heavy atom. The SMILES string of the molecule is OB(O)c1ccc(C2c3ccccc3-c3ccccc32)cc1. The van der Waals surface area contributed by atoms with Gasteiger partial charge in [-0.3, -0.25) is 0 Å². The summed E-state index contributed by atoms with van der Waals surface area (Å²) >= 11 is 0. The quantitative estimate of drug-likeness (QED) is 0.556. The van der Waals surface area contributed by atoms with Gasteiger partial charge in [-0.1, -0.05) is 72.8 Å². The average Bonchev–Trinajstić information content (AvgIpc) is 2.89. The maximum Gasteiger partial charge on any atom is 0.488 e. The van der Waals surface area contributed by atoms with Crippen molar-refractivity contribution < 1.29 is 10.0 Å². The Bertz CT molecular complexity index is 779. The van der Waals surface area contributed by atoms with Gasteiger partial charge in [0.15, 0.2) is 0 Å². The number of benzene rings is 3. The molecule has 0 saturated heterocycles. The first-order valence-electron chi connectivity index (χ1n) is 7.40. The van der Waals surface area contributed by atoms with Gasteiger partial charge in [0.05, 0.1) is 0 Å². The Morgan fingerprint density at radius 2 is 1.14 bits per heavy atom. The topological polar surface area (TPSA) is 40.5 Å². The molecule has 0 radical (unpaired) electrons. The standard InChI is InChI=1S/C19H15BO2/c21-20(22)14-11-9-13(10-12-14)19-17-7-3-1-5-15(17)16-6-2-4-8-18(16)19/h1-12,19,21-22H. The summed E-state index contributed by atoms with van der Waals surface area (Å²) in [5.41, 5.74) is 6.87. The zero-order valence-corrected chi connectivity index (χ0v) is 12.0. The first kappa shape index (κ1) is 13.3. The largest absolute Gasteiger partial charge is 0.488 e. The molecule has 0 saturated carbocycles. The van der Waals surface area contributed by atoms with E-state index in [1.807, 2.05) is 12.1 Å². The van der Waals surface area contributed by atoms with E-state index in [1.165, 1.54) is 27.8 Å². The van der Waals surface area contributed by atoms with Gasteiger partial charge in [0.1, 0.15) is 0 Å². The molecule has 0 fully saturated rings. The van der Waals surface area contributed by atoms with Crippen LogP contribution >= 0.6 is 0 Å². The Balaban J connectivity index is 1.88. The van der Waals surface area contributed by atoms with Crippen molar-refractivity contribution in [1.82, 2.24) is 0 Å². The van der Waals surface area contributed by atoms with Crippen LogP contribution in [0.5, 0.6) is 0 Å². The molecule has 0 aromatic heterocycles. The first-order valence-corrected chi connectivity index (χ1v) is 7.40. The fraction of sp³-hybridized carbons (Fsp3) is 0.0526. The van der Waals surface area contributed by atoms with Gasteiger partial charge in [-0.25, -0.2) is 0 Å². The highest BCUT2D eigenvalue weighted by Gasteiger charge is 2.29. The molecule has 1 aliphatic carbocycles. The zero-order chi connectivity index (χ0) is 15.1. The number of rotatable bonds is 2. The lowest BCUT2D eigenvalue weighted by atomic mass is 9.78. The summed E-state index contributed by atoms with van der Waals surface area (Å²) in [5, 5.41) is 18.5. The Kier molecular flexibility index (Phi) is 3.10. The fourth-order valence-corrected chi connectivity index (χ4v) is 3.38. The van der Waals surface area contributed by atoms with E-state index < -0.39 is 7.12 Å². The number of hydrogen-bond acceptors (Lipinski definition) is 2. The van der Waals surface area contributed by atoms with Gasteiger partial charge in [-0.05, 0) is 33.3 Å². The molecular formula is C19H15BO2. The van der Waals surface area contributed by atoms with Gasteiger partial charge >= 0.3 is 7.12 Å². The van der Waals surface area contributed by atoms with E-state index in [0.29, 0.717) is 5.46 Å². The molecule has 3 aromatic carbocycles. The van der Waals surface area contributed by atoms with E-state index in [-0.39, 0.29) is 5.92 Å². The van der Waals surface area contributed by atoms with E-state index in [9.17, 15) is 10.0 Å². The highest BCUT2D eigenvalue weighted by molar-refractivity contribution is 6.58. The Labute approximate surface area is 129 Å². The Morgan fingerprint density at radius 3 is 1.64 bits per heavy atom. The van der Waals surface area contributed by atoms with E-state index >= 15 is 0 Å². The van der Waals surface area contributed by atoms with Gasteiger partial charge in [0, 0.05) is 5.92 Å². The maximum absolute atomic E-state index is 9.25. The molecule has 0 atom stereocenters. The van der Waals surface area contributed by atoms with Crippen molar-refractivity contribution in [1.29, 1.82) is 0 Å². The molecule has 0 bridgehead atoms. The van der Waals surface area contributed by atoms with Crippen LogP contribution in [0.25, 0.3) is 11.1 Å². The second kappa shape index (κ2) is 5.13. The van der Waals surface area contributed by atoms with Crippen LogP contribution < -0.4 is 5.46 Å². The van der Waals surface area contributed by atoms with Crippen LogP contribution in [-0.2, 0) is 0 Å². The second-order valence-electron chi connectivity index (χ2n) is 5.65. The normalized spacial score (nSPS) is 12.8. The highest BCUT2D eigenvalue weighted by atomic mass is 16.4. The predicted octanol–water partition coefficient (Wildman–Crippen LogP) is 2.53. The van der Waals surface area contributed by atoms with Crippen molar-refractivity contribution in [3.05, 3.63) is 89.5 Å². The summed E-state index contributed by atoms with van der Waals surface area (Å²) in [6.45, 7) is 0. The van der Waals surface area contributed by atoms with Crippen LogP contribution in [0.1, 0.15) is 22.6 Å². The smallest absolute Gasteiger partial charge is 0.423 e. The molecule has 0 unspecified atom stereocenters. The molecule has 2 N–H and O–H groups in total. The fourth-order valence-electron chi connectivity index (χ4n) is 3.38. The molecule has 22 heavy (non-hydrogen) atoms. The van der Waals surface area contributed by atoms with Gasteiger partial charge in [-0.15, -0.1) is 0 Å². The van der Waals surface area contributed by atoms with E-state index in [2.05, 4.69) is 48.5 Å². The van der Waals surface area contributed by atoms with Crippen molar-refractivity contribution in [2.45, 2.75) is 5.92 Å². The Hall–Kier alpha value is -2.36. The molecule has 0 spiro atoms. The second-order valence-corrected chi connectivity index (χ2v) is 5.65. The predicted molar refractivity (Wildman–Crippen MR) is 89.1 cm³/mol. The summed E-state index contributed by atoms with van der Waals surface area (Å²) in [5.74, 6) is 0.206. The van der Waals surface area contributed by atoms with Crippen molar-refractivity contribution >= 4 is 12.6 Å². The van der Waals surface area contributed by atoms with Crippen molar-refractivity contribution in [2.75, 3.05) is 0 Å². The van der Waals surface area contributed by atoms with E-state index in [0.717, 1.165) is 0 Å². The van der Waals surface area contributed by atoms with Crippen LogP contribution in [-0.4, -0.2) is 17.2 Å². The third-order valence-corrected chi connectivity index (χ3v) is 4.40. The van der Waals surface area contributed by atoms with Crippen molar-refractivity contribution in [3.8, 4) is 11.1 Å². The van der Waals surface area contributed by atoms with Gasteiger partial charge in [-0.2, -0.15) is 0 Å².